The summed E-state index contributed by atoms with van der Waals surface area (Å²) in [6.45, 7) is 3.53. The summed E-state index contributed by atoms with van der Waals surface area (Å²) < 4.78 is 34.9. The summed E-state index contributed by atoms with van der Waals surface area (Å²) in [5, 5.41) is 8.19. The molecule has 1 aliphatic rings. The van der Waals surface area contributed by atoms with E-state index in [2.05, 4.69) is 19.9 Å². The van der Waals surface area contributed by atoms with Crippen molar-refractivity contribution >= 4 is 27.5 Å². The number of sulfonamides is 1. The van der Waals surface area contributed by atoms with Crippen LogP contribution in [0.25, 0.3) is 11.5 Å². The van der Waals surface area contributed by atoms with Crippen LogP contribution in [0.2, 0.25) is 0 Å². The van der Waals surface area contributed by atoms with Gasteiger partial charge in [0.1, 0.15) is 4.90 Å². The van der Waals surface area contributed by atoms with Gasteiger partial charge in [-0.1, -0.05) is 12.1 Å². The predicted molar refractivity (Wildman–Crippen MR) is 105 cm³/mol. The summed E-state index contributed by atoms with van der Waals surface area (Å²) in [7, 11) is -3.85. The molecule has 0 aliphatic heterocycles. The lowest BCUT2D eigenvalue weighted by molar-refractivity contribution is 0.507. The summed E-state index contributed by atoms with van der Waals surface area (Å²) in [6.07, 6.45) is 3.97. The van der Waals surface area contributed by atoms with E-state index in [-0.39, 0.29) is 10.8 Å². The van der Waals surface area contributed by atoms with Crippen LogP contribution in [0, 0.1) is 13.8 Å². The smallest absolute Gasteiger partial charge is 0.264 e. The number of thioether (sulfide) groups is 1. The van der Waals surface area contributed by atoms with E-state index in [0.717, 1.165) is 17.7 Å². The van der Waals surface area contributed by atoms with Gasteiger partial charge in [0.15, 0.2) is 0 Å². The molecule has 0 unspecified atom stereocenters. The first-order valence-electron chi connectivity index (χ1n) is 8.59. The van der Waals surface area contributed by atoms with Crippen molar-refractivity contribution in [1.82, 2.24) is 15.2 Å². The molecule has 1 saturated carbocycles. The first-order valence-corrected chi connectivity index (χ1v) is 11.3. The van der Waals surface area contributed by atoms with Gasteiger partial charge < -0.3 is 9.40 Å². The Labute approximate surface area is 162 Å². The number of rotatable bonds is 6. The van der Waals surface area contributed by atoms with Crippen molar-refractivity contribution in [3.63, 3.8) is 0 Å². The second kappa shape index (κ2) is 6.72. The number of anilines is 1. The lowest BCUT2D eigenvalue weighted by Crippen LogP contribution is -2.15. The number of aromatic amines is 1. The fraction of sp³-hybridized carbons (Fsp3) is 0.333. The van der Waals surface area contributed by atoms with Crippen LogP contribution in [0.3, 0.4) is 0 Å². The minimum atomic E-state index is -3.85. The van der Waals surface area contributed by atoms with Crippen LogP contribution in [0.5, 0.6) is 0 Å². The number of nitrogens with one attached hydrogen (secondary N) is 2. The van der Waals surface area contributed by atoms with Crippen LogP contribution in [0.15, 0.2) is 38.5 Å². The van der Waals surface area contributed by atoms with E-state index in [1.165, 1.54) is 11.8 Å². The van der Waals surface area contributed by atoms with Gasteiger partial charge in [0.25, 0.3) is 15.9 Å². The Morgan fingerprint density at radius 1 is 1.19 bits per heavy atom. The molecule has 9 heteroatoms. The van der Waals surface area contributed by atoms with Crippen LogP contribution in [-0.2, 0) is 10.0 Å². The van der Waals surface area contributed by atoms with Gasteiger partial charge in [-0.15, -0.1) is 22.0 Å². The van der Waals surface area contributed by atoms with Crippen LogP contribution in [0.4, 0.5) is 5.69 Å². The molecule has 0 bridgehead atoms. The summed E-state index contributed by atoms with van der Waals surface area (Å²) in [5.74, 6) is 1.11. The van der Waals surface area contributed by atoms with E-state index in [0.29, 0.717) is 34.4 Å². The molecule has 1 aliphatic carbocycles. The van der Waals surface area contributed by atoms with Crippen LogP contribution < -0.4 is 4.72 Å². The molecule has 0 atom stereocenters. The molecule has 0 radical (unpaired) electrons. The molecule has 0 spiro atoms. The van der Waals surface area contributed by atoms with E-state index in [9.17, 15) is 8.42 Å². The summed E-state index contributed by atoms with van der Waals surface area (Å²) in [6, 6.07) is 7.29. The first-order chi connectivity index (χ1) is 12.9. The summed E-state index contributed by atoms with van der Waals surface area (Å²) >= 11 is 1.48. The Bertz CT molecular complexity index is 1100. The number of benzene rings is 1. The van der Waals surface area contributed by atoms with Gasteiger partial charge in [-0.05, 0) is 45.1 Å². The third-order valence-corrected chi connectivity index (χ3v) is 6.85. The molecular weight excluding hydrogens is 384 g/mol. The highest BCUT2D eigenvalue weighted by atomic mass is 32.2. The third kappa shape index (κ3) is 3.37. The minimum Gasteiger partial charge on any atom is -0.420 e. The molecule has 3 aromatic rings. The molecular formula is C18H20N4O3S2. The molecule has 2 aromatic heterocycles. The van der Waals surface area contributed by atoms with Crippen molar-refractivity contribution in [1.29, 1.82) is 0 Å². The Morgan fingerprint density at radius 2 is 1.93 bits per heavy atom. The second-order valence-corrected chi connectivity index (χ2v) is 9.07. The van der Waals surface area contributed by atoms with E-state index in [1.807, 2.05) is 18.4 Å². The average Bonchev–Trinajstić information content (AvgIpc) is 3.28. The largest absolute Gasteiger partial charge is 0.420 e. The highest BCUT2D eigenvalue weighted by Crippen LogP contribution is 2.41. The molecule has 142 valence electrons. The SMILES string of the molecule is CSc1ccccc1NS(=O)(=O)c1c(C)[nH]c(C)c1-c1nnc(C2CC2)o1. The molecule has 1 aromatic carbocycles. The van der Waals surface area contributed by atoms with Crippen molar-refractivity contribution in [2.75, 3.05) is 11.0 Å². The molecule has 0 amide bonds. The van der Waals surface area contributed by atoms with Gasteiger partial charge in [0, 0.05) is 22.2 Å². The van der Waals surface area contributed by atoms with Gasteiger partial charge in [-0.3, -0.25) is 4.72 Å². The van der Waals surface area contributed by atoms with E-state index >= 15 is 0 Å². The van der Waals surface area contributed by atoms with Crippen molar-refractivity contribution < 1.29 is 12.8 Å². The van der Waals surface area contributed by atoms with Crippen molar-refractivity contribution in [3.05, 3.63) is 41.5 Å². The van der Waals surface area contributed by atoms with Gasteiger partial charge >= 0.3 is 0 Å². The standard InChI is InChI=1S/C18H20N4O3S2/c1-10-15(18-21-20-17(25-18)12-8-9-12)16(11(2)19-10)27(23,24)22-13-6-4-5-7-14(13)26-3/h4-7,12,19,22H,8-9H2,1-3H3. The second-order valence-electron chi connectivity index (χ2n) is 6.60. The molecule has 0 saturated heterocycles. The number of aryl methyl sites for hydroxylation is 2. The normalized spacial score (nSPS) is 14.5. The number of hydrogen-bond acceptors (Lipinski definition) is 6. The monoisotopic (exact) mass is 404 g/mol. The Balaban J connectivity index is 1.78. The molecule has 2 heterocycles. The lowest BCUT2D eigenvalue weighted by atomic mass is 10.2. The topological polar surface area (TPSA) is 101 Å². The maximum absolute atomic E-state index is 13.2. The van der Waals surface area contributed by atoms with Crippen molar-refractivity contribution in [3.8, 4) is 11.5 Å². The first kappa shape index (κ1) is 18.1. The number of para-hydroxylation sites is 1. The molecule has 2 N–H and O–H groups in total. The molecule has 4 rings (SSSR count). The number of H-pyrrole nitrogens is 1. The zero-order valence-corrected chi connectivity index (χ0v) is 16.9. The van der Waals surface area contributed by atoms with Crippen molar-refractivity contribution in [2.45, 2.75) is 42.4 Å². The summed E-state index contributed by atoms with van der Waals surface area (Å²) in [4.78, 5) is 4.09. The van der Waals surface area contributed by atoms with Crippen LogP contribution in [-0.4, -0.2) is 29.9 Å². The maximum Gasteiger partial charge on any atom is 0.264 e. The van der Waals surface area contributed by atoms with Gasteiger partial charge in [-0.25, -0.2) is 8.42 Å². The highest BCUT2D eigenvalue weighted by Gasteiger charge is 2.33. The zero-order valence-electron chi connectivity index (χ0n) is 15.2. The average molecular weight is 405 g/mol. The minimum absolute atomic E-state index is 0.141. The van der Waals surface area contributed by atoms with Crippen molar-refractivity contribution in [2.24, 2.45) is 0 Å². The van der Waals surface area contributed by atoms with Crippen LogP contribution >= 0.6 is 11.8 Å². The predicted octanol–water partition coefficient (Wildman–Crippen LogP) is 4.08. The quantitative estimate of drug-likeness (QED) is 0.600. The fourth-order valence-corrected chi connectivity index (χ4v) is 5.26. The third-order valence-electron chi connectivity index (χ3n) is 4.52. The molecule has 27 heavy (non-hydrogen) atoms. The van der Waals surface area contributed by atoms with Crippen LogP contribution in [0.1, 0.15) is 36.0 Å². The Morgan fingerprint density at radius 3 is 2.63 bits per heavy atom. The van der Waals surface area contributed by atoms with Gasteiger partial charge in [0.2, 0.25) is 5.89 Å². The lowest BCUT2D eigenvalue weighted by Gasteiger charge is -2.12. The number of hydrogen-bond donors (Lipinski definition) is 2. The van der Waals surface area contributed by atoms with E-state index in [1.54, 1.807) is 26.0 Å². The fourth-order valence-electron chi connectivity index (χ4n) is 3.11. The summed E-state index contributed by atoms with van der Waals surface area (Å²) in [5.41, 5.74) is 2.18. The van der Waals surface area contributed by atoms with Gasteiger partial charge in [0.05, 0.1) is 11.3 Å². The highest BCUT2D eigenvalue weighted by molar-refractivity contribution is 7.99. The number of aromatic nitrogens is 3. The Hall–Kier alpha value is -2.26. The van der Waals surface area contributed by atoms with E-state index < -0.39 is 10.0 Å². The maximum atomic E-state index is 13.2. The molecule has 1 fully saturated rings. The molecule has 7 nitrogen and oxygen atoms in total. The van der Waals surface area contributed by atoms with Gasteiger partial charge in [-0.2, -0.15) is 0 Å². The Kier molecular flexibility index (Phi) is 4.51. The zero-order chi connectivity index (χ0) is 19.2. The number of nitrogens with zero attached hydrogens (tertiary/aromatic N) is 2. The van der Waals surface area contributed by atoms with E-state index in [4.69, 9.17) is 4.42 Å².